The molecule has 0 bridgehead atoms. The Morgan fingerprint density at radius 3 is 2.53 bits per heavy atom. The summed E-state index contributed by atoms with van der Waals surface area (Å²) in [6.45, 7) is -0.147. The van der Waals surface area contributed by atoms with Gasteiger partial charge in [0.05, 0.1) is 5.56 Å². The van der Waals surface area contributed by atoms with Crippen LogP contribution in [0.2, 0.25) is 0 Å². The predicted octanol–water partition coefficient (Wildman–Crippen LogP) is 1.48. The molecule has 0 amide bonds. The summed E-state index contributed by atoms with van der Waals surface area (Å²) in [5.41, 5.74) is -0.664. The maximum Gasteiger partial charge on any atom is 0.416 e. The molecule has 1 aromatic rings. The van der Waals surface area contributed by atoms with E-state index in [1.54, 1.807) is 0 Å². The summed E-state index contributed by atoms with van der Waals surface area (Å²) in [6.07, 6.45) is -4.40. The van der Waals surface area contributed by atoms with E-state index in [1.807, 2.05) is 0 Å². The molecule has 2 nitrogen and oxygen atoms in total. The average Bonchev–Trinajstić information content (AvgIpc) is 2.15. The van der Waals surface area contributed by atoms with Gasteiger partial charge in [-0.25, -0.2) is 0 Å². The van der Waals surface area contributed by atoms with E-state index in [2.05, 4.69) is 4.74 Å². The van der Waals surface area contributed by atoms with Crippen molar-refractivity contribution in [1.29, 1.82) is 0 Å². The Kier molecular flexibility index (Phi) is 3.63. The van der Waals surface area contributed by atoms with Crippen molar-refractivity contribution < 1.29 is 22.6 Å². The van der Waals surface area contributed by atoms with E-state index in [0.29, 0.717) is 0 Å². The van der Waals surface area contributed by atoms with Crippen LogP contribution in [0.25, 0.3) is 0 Å². The first-order chi connectivity index (χ1) is 6.95. The molecule has 0 aliphatic carbocycles. The van der Waals surface area contributed by atoms with Gasteiger partial charge in [-0.2, -0.15) is 13.2 Å². The number of methoxy groups -OCH3 is 1. The Hall–Kier alpha value is -1.17. The molecule has 1 aromatic carbocycles. The molecule has 6 heteroatoms. The first-order valence-corrected chi connectivity index (χ1v) is 4.03. The van der Waals surface area contributed by atoms with Crippen LogP contribution in [0.15, 0.2) is 18.2 Å². The van der Waals surface area contributed by atoms with Crippen LogP contribution in [0.1, 0.15) is 5.56 Å². The molecule has 1 rings (SSSR count). The van der Waals surface area contributed by atoms with Gasteiger partial charge in [-0.15, -0.1) is 0 Å². The van der Waals surface area contributed by atoms with Gasteiger partial charge in [0, 0.05) is 7.11 Å². The monoisotopic (exact) mass is 216 g/mol. The van der Waals surface area contributed by atoms with Gasteiger partial charge < -0.3 is 9.47 Å². The molecular weight excluding hydrogens is 208 g/mol. The van der Waals surface area contributed by atoms with Crippen LogP contribution in [0.5, 0.6) is 5.75 Å². The Bertz CT molecular complexity index is 339. The molecule has 0 N–H and O–H groups in total. The molecule has 0 aliphatic heterocycles. The fourth-order valence-corrected chi connectivity index (χ4v) is 0.958. The van der Waals surface area contributed by atoms with Crippen LogP contribution in [0.3, 0.4) is 0 Å². The Morgan fingerprint density at radius 2 is 2.00 bits per heavy atom. The molecule has 0 saturated carbocycles. The molecule has 0 spiro atoms. The summed E-state index contributed by atoms with van der Waals surface area (Å²) in [4.78, 5) is 0. The third kappa shape index (κ3) is 3.16. The van der Waals surface area contributed by atoms with E-state index in [0.717, 1.165) is 18.2 Å². The van der Waals surface area contributed by atoms with Crippen LogP contribution in [0.4, 0.5) is 13.2 Å². The second-order valence-corrected chi connectivity index (χ2v) is 2.80. The van der Waals surface area contributed by atoms with E-state index in [-0.39, 0.29) is 18.0 Å². The summed E-state index contributed by atoms with van der Waals surface area (Å²) in [5, 5.41) is 0. The quantitative estimate of drug-likeness (QED) is 0.562. The number of ether oxygens (including phenoxy) is 2. The van der Waals surface area contributed by atoms with Crippen LogP contribution in [-0.4, -0.2) is 21.7 Å². The summed E-state index contributed by atoms with van der Waals surface area (Å²) >= 11 is 0. The van der Waals surface area contributed by atoms with Crippen molar-refractivity contribution >= 4 is 13.3 Å². The zero-order valence-corrected chi connectivity index (χ0v) is 7.97. The van der Waals surface area contributed by atoms with Crippen molar-refractivity contribution in [2.45, 2.75) is 6.18 Å². The van der Waals surface area contributed by atoms with E-state index < -0.39 is 11.7 Å². The lowest BCUT2D eigenvalue weighted by molar-refractivity contribution is -0.137. The first-order valence-electron chi connectivity index (χ1n) is 4.03. The van der Waals surface area contributed by atoms with E-state index >= 15 is 0 Å². The van der Waals surface area contributed by atoms with Gasteiger partial charge in [0.2, 0.25) is 0 Å². The molecule has 0 aromatic heterocycles. The number of hydrogen-bond donors (Lipinski definition) is 0. The smallest absolute Gasteiger partial charge is 0.416 e. The highest BCUT2D eigenvalue weighted by Crippen LogP contribution is 2.30. The van der Waals surface area contributed by atoms with Crippen molar-refractivity contribution in [1.82, 2.24) is 0 Å². The molecule has 0 atom stereocenters. The fourth-order valence-electron chi connectivity index (χ4n) is 0.958. The molecule has 0 saturated heterocycles. The van der Waals surface area contributed by atoms with Crippen LogP contribution < -0.4 is 10.2 Å². The normalized spacial score (nSPS) is 11.5. The minimum absolute atomic E-state index is 0.0355. The van der Waals surface area contributed by atoms with Gasteiger partial charge in [-0.3, -0.25) is 0 Å². The molecule has 2 radical (unpaired) electrons. The summed E-state index contributed by atoms with van der Waals surface area (Å²) in [5.74, 6) is -0.0355. The minimum Gasteiger partial charge on any atom is -0.468 e. The van der Waals surface area contributed by atoms with Crippen molar-refractivity contribution in [2.75, 3.05) is 13.9 Å². The van der Waals surface area contributed by atoms with Gasteiger partial charge in [0.1, 0.15) is 13.6 Å². The van der Waals surface area contributed by atoms with Gasteiger partial charge >= 0.3 is 6.18 Å². The third-order valence-corrected chi connectivity index (χ3v) is 1.67. The number of rotatable bonds is 3. The van der Waals surface area contributed by atoms with Crippen molar-refractivity contribution in [3.63, 3.8) is 0 Å². The molecule has 0 heterocycles. The van der Waals surface area contributed by atoms with E-state index in [1.165, 1.54) is 7.11 Å². The molecule has 0 unspecified atom stereocenters. The lowest BCUT2D eigenvalue weighted by Gasteiger charge is -2.12. The summed E-state index contributed by atoms with van der Waals surface area (Å²) in [7, 11) is 6.79. The largest absolute Gasteiger partial charge is 0.468 e. The predicted molar refractivity (Wildman–Crippen MR) is 49.3 cm³/mol. The second-order valence-electron chi connectivity index (χ2n) is 2.80. The number of halogens is 3. The number of alkyl halides is 3. The van der Waals surface area contributed by atoms with E-state index in [4.69, 9.17) is 12.6 Å². The van der Waals surface area contributed by atoms with E-state index in [9.17, 15) is 13.2 Å². The highest BCUT2D eigenvalue weighted by Gasteiger charge is 2.30. The minimum atomic E-state index is -4.40. The second kappa shape index (κ2) is 4.57. The number of hydrogen-bond acceptors (Lipinski definition) is 2. The van der Waals surface area contributed by atoms with Crippen LogP contribution in [-0.2, 0) is 10.9 Å². The first kappa shape index (κ1) is 11.9. The highest BCUT2D eigenvalue weighted by atomic mass is 19.4. The van der Waals surface area contributed by atoms with Gasteiger partial charge in [0.25, 0.3) is 0 Å². The zero-order chi connectivity index (χ0) is 11.5. The van der Waals surface area contributed by atoms with Crippen molar-refractivity contribution in [3.05, 3.63) is 23.8 Å². The molecule has 80 valence electrons. The third-order valence-electron chi connectivity index (χ3n) is 1.67. The molecule has 0 fully saturated rings. The van der Waals surface area contributed by atoms with Gasteiger partial charge in [-0.05, 0) is 6.07 Å². The topological polar surface area (TPSA) is 18.5 Å². The standard InChI is InChI=1S/C9H8BF3O2/c1-14-5-15-8-4-6(9(11,12)13)2-3-7(8)10/h2-4H,5H2,1H3. The van der Waals surface area contributed by atoms with Crippen LogP contribution in [0, 0.1) is 0 Å². The van der Waals surface area contributed by atoms with Crippen molar-refractivity contribution in [3.8, 4) is 5.75 Å². The fraction of sp³-hybridized carbons (Fsp3) is 0.333. The van der Waals surface area contributed by atoms with Crippen LogP contribution >= 0.6 is 0 Å². The SMILES string of the molecule is [B]c1ccc(C(F)(F)F)cc1OCOC. The Morgan fingerprint density at radius 1 is 1.33 bits per heavy atom. The van der Waals surface area contributed by atoms with Gasteiger partial charge in [-0.1, -0.05) is 17.6 Å². The summed E-state index contributed by atoms with van der Waals surface area (Å²) < 4.78 is 46.3. The summed E-state index contributed by atoms with van der Waals surface area (Å²) in [6, 6.07) is 2.89. The Balaban J connectivity index is 2.95. The van der Waals surface area contributed by atoms with Crippen molar-refractivity contribution in [2.24, 2.45) is 0 Å². The lowest BCUT2D eigenvalue weighted by atomic mass is 9.94. The lowest BCUT2D eigenvalue weighted by Crippen LogP contribution is -2.14. The molecule has 0 aliphatic rings. The highest BCUT2D eigenvalue weighted by molar-refractivity contribution is 6.34. The number of benzene rings is 1. The maximum absolute atomic E-state index is 12.3. The molecular formula is C9H8BF3O2. The molecule has 15 heavy (non-hydrogen) atoms. The maximum atomic E-state index is 12.3. The zero-order valence-electron chi connectivity index (χ0n) is 7.97. The Labute approximate surface area is 86.4 Å². The average molecular weight is 216 g/mol. The van der Waals surface area contributed by atoms with Gasteiger partial charge in [0.15, 0.2) is 6.79 Å².